The number of hydrogen-bond acceptors (Lipinski definition) is 4. The molecule has 1 aliphatic rings. The molecule has 0 aromatic carbocycles. The summed E-state index contributed by atoms with van der Waals surface area (Å²) < 4.78 is 33.1. The summed E-state index contributed by atoms with van der Waals surface area (Å²) in [5, 5.41) is 8.82. The zero-order chi connectivity index (χ0) is 15.2. The van der Waals surface area contributed by atoms with Gasteiger partial charge in [-0.15, -0.1) is 0 Å². The van der Waals surface area contributed by atoms with Crippen LogP contribution in [0.3, 0.4) is 0 Å². The summed E-state index contributed by atoms with van der Waals surface area (Å²) in [7, 11) is -0.297. The van der Waals surface area contributed by atoms with E-state index < -0.39 is 10.2 Å². The van der Waals surface area contributed by atoms with Gasteiger partial charge in [0.25, 0.3) is 10.2 Å². The van der Waals surface area contributed by atoms with Crippen LogP contribution in [-0.4, -0.2) is 57.4 Å². The van der Waals surface area contributed by atoms with Gasteiger partial charge in [-0.2, -0.15) is 22.3 Å². The van der Waals surface area contributed by atoms with Gasteiger partial charge in [0, 0.05) is 33.8 Å². The molecule has 0 radical (unpaired) electrons. The van der Waals surface area contributed by atoms with E-state index in [1.807, 2.05) is 0 Å². The Hall–Kier alpha value is -0.680. The second kappa shape index (κ2) is 7.93. The average molecular weight is 303 g/mol. The average Bonchev–Trinajstić information content (AvgIpc) is 2.65. The van der Waals surface area contributed by atoms with E-state index in [9.17, 15) is 8.42 Å². The van der Waals surface area contributed by atoms with Crippen LogP contribution in [0.2, 0.25) is 0 Å². The minimum absolute atomic E-state index is 0.226. The van der Waals surface area contributed by atoms with Crippen molar-refractivity contribution in [2.24, 2.45) is 11.8 Å². The lowest BCUT2D eigenvalue weighted by molar-refractivity contribution is 0.140. The molecule has 0 unspecified atom stereocenters. The molecule has 0 spiro atoms. The Labute approximate surface area is 122 Å². The normalized spacial score (nSPS) is 23.2. The Morgan fingerprint density at radius 1 is 1.50 bits per heavy atom. The van der Waals surface area contributed by atoms with Gasteiger partial charge in [0.1, 0.15) is 0 Å². The lowest BCUT2D eigenvalue weighted by Gasteiger charge is -2.28. The molecule has 0 aromatic rings. The first-order chi connectivity index (χ1) is 9.41. The van der Waals surface area contributed by atoms with Gasteiger partial charge in [-0.3, -0.25) is 0 Å². The molecule has 1 heterocycles. The molecule has 0 amide bonds. The highest BCUT2D eigenvalue weighted by molar-refractivity contribution is 7.86. The van der Waals surface area contributed by atoms with E-state index in [4.69, 9.17) is 10.00 Å². The molecular formula is C13H25N3O3S. The number of rotatable bonds is 6. The van der Waals surface area contributed by atoms with Crippen molar-refractivity contribution < 1.29 is 13.2 Å². The monoisotopic (exact) mass is 303 g/mol. The van der Waals surface area contributed by atoms with Gasteiger partial charge < -0.3 is 4.74 Å². The van der Waals surface area contributed by atoms with Gasteiger partial charge in [0.05, 0.1) is 18.6 Å². The van der Waals surface area contributed by atoms with E-state index >= 15 is 0 Å². The first-order valence-corrected chi connectivity index (χ1v) is 8.41. The van der Waals surface area contributed by atoms with Crippen LogP contribution in [-0.2, 0) is 14.9 Å². The van der Waals surface area contributed by atoms with Crippen LogP contribution in [0.25, 0.3) is 0 Å². The Balaban J connectivity index is 2.76. The van der Waals surface area contributed by atoms with Crippen molar-refractivity contribution in [3.05, 3.63) is 0 Å². The summed E-state index contributed by atoms with van der Waals surface area (Å²) in [6.07, 6.45) is 2.90. The Kier molecular flexibility index (Phi) is 6.89. The highest BCUT2D eigenvalue weighted by Crippen LogP contribution is 2.20. The third-order valence-corrected chi connectivity index (χ3v) is 5.53. The zero-order valence-electron chi connectivity index (χ0n) is 12.6. The van der Waals surface area contributed by atoms with Gasteiger partial charge in [0.2, 0.25) is 0 Å². The molecule has 7 heteroatoms. The fourth-order valence-electron chi connectivity index (χ4n) is 2.49. The van der Waals surface area contributed by atoms with E-state index in [0.717, 1.165) is 19.3 Å². The number of ether oxygens (including phenoxy) is 1. The SMILES string of the molecule is COC[C@H]1CCCCN(S(=O)(=O)N(C)C[C@H](C)C#N)C1. The van der Waals surface area contributed by atoms with Crippen LogP contribution >= 0.6 is 0 Å². The standard InChI is InChI=1S/C13H25N3O3S/c1-12(8-14)9-15(2)20(17,18)16-7-5-4-6-13(10-16)11-19-3/h12-13H,4-7,9-11H2,1-3H3/t12-,13+/m1/s1. The Morgan fingerprint density at radius 3 is 2.80 bits per heavy atom. The zero-order valence-corrected chi connectivity index (χ0v) is 13.4. The number of hydrogen-bond donors (Lipinski definition) is 0. The summed E-state index contributed by atoms with van der Waals surface area (Å²) >= 11 is 0. The van der Waals surface area contributed by atoms with Crippen LogP contribution in [0.5, 0.6) is 0 Å². The van der Waals surface area contributed by atoms with Crippen molar-refractivity contribution >= 4 is 10.2 Å². The predicted molar refractivity (Wildman–Crippen MR) is 77.1 cm³/mol. The lowest BCUT2D eigenvalue weighted by atomic mass is 10.1. The summed E-state index contributed by atoms with van der Waals surface area (Å²) in [4.78, 5) is 0. The maximum atomic E-state index is 12.5. The predicted octanol–water partition coefficient (Wildman–Crippen LogP) is 1.07. The molecule has 116 valence electrons. The van der Waals surface area contributed by atoms with Crippen LogP contribution in [0.4, 0.5) is 0 Å². The van der Waals surface area contributed by atoms with Crippen molar-refractivity contribution in [1.29, 1.82) is 5.26 Å². The summed E-state index contributed by atoms with van der Waals surface area (Å²) in [6.45, 7) is 3.59. The van der Waals surface area contributed by atoms with E-state index in [1.165, 1.54) is 8.61 Å². The van der Waals surface area contributed by atoms with Crippen molar-refractivity contribution in [3.63, 3.8) is 0 Å². The topological polar surface area (TPSA) is 73.6 Å². The minimum atomic E-state index is -3.48. The highest BCUT2D eigenvalue weighted by atomic mass is 32.2. The highest BCUT2D eigenvalue weighted by Gasteiger charge is 2.31. The summed E-state index contributed by atoms with van der Waals surface area (Å²) in [6, 6.07) is 2.07. The van der Waals surface area contributed by atoms with E-state index in [-0.39, 0.29) is 18.4 Å². The number of nitriles is 1. The smallest absolute Gasteiger partial charge is 0.281 e. The molecule has 1 fully saturated rings. The molecule has 0 bridgehead atoms. The summed E-state index contributed by atoms with van der Waals surface area (Å²) in [5.74, 6) is -0.0596. The largest absolute Gasteiger partial charge is 0.384 e. The van der Waals surface area contributed by atoms with Gasteiger partial charge in [-0.25, -0.2) is 0 Å². The second-order valence-corrected chi connectivity index (χ2v) is 7.53. The summed E-state index contributed by atoms with van der Waals surface area (Å²) in [5.41, 5.74) is 0. The third kappa shape index (κ3) is 4.70. The van der Waals surface area contributed by atoms with Gasteiger partial charge >= 0.3 is 0 Å². The number of methoxy groups -OCH3 is 1. The third-order valence-electron chi connectivity index (χ3n) is 3.61. The molecule has 1 aliphatic heterocycles. The maximum absolute atomic E-state index is 12.5. The quantitative estimate of drug-likeness (QED) is 0.736. The molecule has 0 aliphatic carbocycles. The molecule has 0 aromatic heterocycles. The minimum Gasteiger partial charge on any atom is -0.384 e. The molecule has 0 saturated carbocycles. The van der Waals surface area contributed by atoms with Crippen molar-refractivity contribution in [1.82, 2.24) is 8.61 Å². The van der Waals surface area contributed by atoms with Crippen LogP contribution in [0.15, 0.2) is 0 Å². The first-order valence-electron chi connectivity index (χ1n) is 7.01. The molecule has 1 rings (SSSR count). The van der Waals surface area contributed by atoms with Crippen molar-refractivity contribution in [3.8, 4) is 6.07 Å². The van der Waals surface area contributed by atoms with Gasteiger partial charge in [0.15, 0.2) is 0 Å². The molecule has 2 atom stereocenters. The lowest BCUT2D eigenvalue weighted by Crippen LogP contribution is -2.45. The molecule has 20 heavy (non-hydrogen) atoms. The van der Waals surface area contributed by atoms with Gasteiger partial charge in [-0.1, -0.05) is 6.42 Å². The van der Waals surface area contributed by atoms with Crippen molar-refractivity contribution in [2.75, 3.05) is 40.4 Å². The molecule has 0 N–H and O–H groups in total. The molecule has 6 nitrogen and oxygen atoms in total. The molecular weight excluding hydrogens is 278 g/mol. The second-order valence-electron chi connectivity index (χ2n) is 5.49. The van der Waals surface area contributed by atoms with Crippen LogP contribution in [0.1, 0.15) is 26.2 Å². The number of nitrogens with zero attached hydrogens (tertiary/aromatic N) is 3. The Morgan fingerprint density at radius 2 is 2.20 bits per heavy atom. The molecule has 1 saturated heterocycles. The van der Waals surface area contributed by atoms with Crippen LogP contribution in [0, 0.1) is 23.2 Å². The van der Waals surface area contributed by atoms with Crippen LogP contribution < -0.4 is 0 Å². The fraction of sp³-hybridized carbons (Fsp3) is 0.923. The van der Waals surface area contributed by atoms with Crippen molar-refractivity contribution in [2.45, 2.75) is 26.2 Å². The first kappa shape index (κ1) is 17.4. The van der Waals surface area contributed by atoms with E-state index in [0.29, 0.717) is 19.7 Å². The van der Waals surface area contributed by atoms with E-state index in [1.54, 1.807) is 21.1 Å². The fourth-order valence-corrected chi connectivity index (χ4v) is 4.06. The maximum Gasteiger partial charge on any atom is 0.281 e. The van der Waals surface area contributed by atoms with Gasteiger partial charge in [-0.05, 0) is 25.7 Å². The Bertz CT molecular complexity index is 433. The van der Waals surface area contributed by atoms with E-state index in [2.05, 4.69) is 6.07 Å².